The maximum absolute atomic E-state index is 5.65. The molecule has 0 spiro atoms. The Hall–Kier alpha value is -0.0800. The average molecular weight is 169 g/mol. The first-order valence-corrected chi connectivity index (χ1v) is 5.03. The number of hydrogen-bond donors (Lipinski definition) is 1. The molecule has 1 aliphatic carbocycles. The molecule has 2 rings (SSSR count). The van der Waals surface area contributed by atoms with Crippen LogP contribution in [0.1, 0.15) is 33.1 Å². The fourth-order valence-corrected chi connectivity index (χ4v) is 2.38. The first-order chi connectivity index (χ1) is 5.65. The number of nitrogens with two attached hydrogens (primary N) is 1. The van der Waals surface area contributed by atoms with Crippen LogP contribution in [0.25, 0.3) is 0 Å². The van der Waals surface area contributed by atoms with Gasteiger partial charge >= 0.3 is 0 Å². The van der Waals surface area contributed by atoms with Gasteiger partial charge in [0.05, 0.1) is 11.7 Å². The van der Waals surface area contributed by atoms with Crippen molar-refractivity contribution >= 4 is 0 Å². The van der Waals surface area contributed by atoms with Crippen molar-refractivity contribution in [3.05, 3.63) is 0 Å². The molecule has 0 bridgehead atoms. The Labute approximate surface area is 74.5 Å². The summed E-state index contributed by atoms with van der Waals surface area (Å²) in [5.41, 5.74) is 5.92. The van der Waals surface area contributed by atoms with Gasteiger partial charge in [0.2, 0.25) is 0 Å². The van der Waals surface area contributed by atoms with Crippen molar-refractivity contribution in [2.45, 2.75) is 44.8 Å². The second-order valence-electron chi connectivity index (χ2n) is 4.67. The van der Waals surface area contributed by atoms with Crippen LogP contribution in [0.4, 0.5) is 0 Å². The minimum Gasteiger partial charge on any atom is -0.366 e. The topological polar surface area (TPSA) is 38.5 Å². The summed E-state index contributed by atoms with van der Waals surface area (Å²) in [6.45, 7) is 5.32. The molecule has 1 aliphatic heterocycles. The molecule has 0 aromatic carbocycles. The van der Waals surface area contributed by atoms with E-state index in [9.17, 15) is 0 Å². The zero-order valence-electron chi connectivity index (χ0n) is 8.05. The number of hydrogen-bond acceptors (Lipinski definition) is 2. The van der Waals surface area contributed by atoms with Crippen LogP contribution in [0.15, 0.2) is 0 Å². The van der Waals surface area contributed by atoms with Crippen LogP contribution in [0, 0.1) is 11.8 Å². The number of rotatable bonds is 2. The molecule has 4 atom stereocenters. The fourth-order valence-electron chi connectivity index (χ4n) is 2.38. The highest BCUT2D eigenvalue weighted by Crippen LogP contribution is 2.50. The molecule has 1 saturated carbocycles. The molecule has 4 unspecified atom stereocenters. The Morgan fingerprint density at radius 1 is 1.67 bits per heavy atom. The van der Waals surface area contributed by atoms with Gasteiger partial charge in [0.1, 0.15) is 0 Å². The third-order valence-corrected chi connectivity index (χ3v) is 3.74. The predicted molar refractivity (Wildman–Crippen MR) is 48.8 cm³/mol. The fraction of sp³-hybridized carbons (Fsp3) is 1.00. The molecule has 2 fully saturated rings. The zero-order valence-corrected chi connectivity index (χ0v) is 8.05. The normalized spacial score (nSPS) is 48.2. The monoisotopic (exact) mass is 169 g/mol. The third kappa shape index (κ3) is 1.27. The van der Waals surface area contributed by atoms with Crippen LogP contribution in [-0.4, -0.2) is 18.2 Å². The minimum atomic E-state index is 0.269. The second kappa shape index (κ2) is 2.71. The van der Waals surface area contributed by atoms with Gasteiger partial charge in [-0.3, -0.25) is 0 Å². The van der Waals surface area contributed by atoms with E-state index in [1.165, 1.54) is 19.3 Å². The van der Waals surface area contributed by atoms with E-state index in [1.54, 1.807) is 0 Å². The Balaban J connectivity index is 1.89. The lowest BCUT2D eigenvalue weighted by Gasteiger charge is -2.26. The van der Waals surface area contributed by atoms with Gasteiger partial charge in [0.15, 0.2) is 0 Å². The number of fused-ring (bicyclic) bond motifs is 1. The molecule has 2 heteroatoms. The summed E-state index contributed by atoms with van der Waals surface area (Å²) in [5, 5.41) is 0. The highest BCUT2D eigenvalue weighted by Gasteiger charge is 2.55. The predicted octanol–water partition coefficient (Wildman–Crippen LogP) is 1.54. The molecule has 1 saturated heterocycles. The molecule has 1 heterocycles. The van der Waals surface area contributed by atoms with E-state index in [0.29, 0.717) is 12.0 Å². The van der Waals surface area contributed by atoms with Gasteiger partial charge in [-0.2, -0.15) is 0 Å². The zero-order chi connectivity index (χ0) is 8.77. The average Bonchev–Trinajstić information content (AvgIpc) is 2.73. The summed E-state index contributed by atoms with van der Waals surface area (Å²) in [5.74, 6) is 1.49. The number of epoxide rings is 1. The van der Waals surface area contributed by atoms with Crippen LogP contribution >= 0.6 is 0 Å². The second-order valence-corrected chi connectivity index (χ2v) is 4.67. The maximum Gasteiger partial charge on any atom is 0.0920 e. The van der Waals surface area contributed by atoms with E-state index >= 15 is 0 Å². The molecular formula is C10H19NO. The molecule has 0 aromatic rings. The van der Waals surface area contributed by atoms with Gasteiger partial charge in [-0.1, -0.05) is 6.92 Å². The van der Waals surface area contributed by atoms with Gasteiger partial charge < -0.3 is 10.5 Å². The van der Waals surface area contributed by atoms with Crippen LogP contribution in [-0.2, 0) is 4.74 Å². The van der Waals surface area contributed by atoms with Crippen LogP contribution < -0.4 is 5.73 Å². The van der Waals surface area contributed by atoms with Gasteiger partial charge in [-0.15, -0.1) is 0 Å². The van der Waals surface area contributed by atoms with E-state index in [4.69, 9.17) is 10.5 Å². The molecule has 0 aromatic heterocycles. The minimum absolute atomic E-state index is 0.269. The smallest absolute Gasteiger partial charge is 0.0920 e. The Morgan fingerprint density at radius 2 is 2.42 bits per heavy atom. The summed E-state index contributed by atoms with van der Waals surface area (Å²) in [6, 6.07) is 0. The molecule has 2 N–H and O–H groups in total. The van der Waals surface area contributed by atoms with Gasteiger partial charge in [-0.25, -0.2) is 0 Å². The van der Waals surface area contributed by atoms with Crippen molar-refractivity contribution in [3.63, 3.8) is 0 Å². The molecule has 12 heavy (non-hydrogen) atoms. The molecule has 2 nitrogen and oxygen atoms in total. The van der Waals surface area contributed by atoms with Crippen molar-refractivity contribution in [1.82, 2.24) is 0 Å². The summed E-state index contributed by atoms with van der Waals surface area (Å²) in [6.07, 6.45) is 4.36. The Morgan fingerprint density at radius 3 is 3.00 bits per heavy atom. The van der Waals surface area contributed by atoms with E-state index < -0.39 is 0 Å². The molecule has 2 aliphatic rings. The number of ether oxygens (including phenoxy) is 1. The highest BCUT2D eigenvalue weighted by atomic mass is 16.6. The van der Waals surface area contributed by atoms with Crippen molar-refractivity contribution in [3.8, 4) is 0 Å². The van der Waals surface area contributed by atoms with E-state index in [-0.39, 0.29) is 5.60 Å². The van der Waals surface area contributed by atoms with Crippen molar-refractivity contribution in [2.75, 3.05) is 6.54 Å². The van der Waals surface area contributed by atoms with E-state index in [0.717, 1.165) is 12.5 Å². The van der Waals surface area contributed by atoms with Crippen LogP contribution in [0.2, 0.25) is 0 Å². The SMILES string of the molecule is CC(CN)C1CCC2(C)OC2C1. The first-order valence-electron chi connectivity index (χ1n) is 5.03. The lowest BCUT2D eigenvalue weighted by atomic mass is 9.77. The van der Waals surface area contributed by atoms with Gasteiger partial charge in [-0.05, 0) is 44.6 Å². The first kappa shape index (κ1) is 8.52. The van der Waals surface area contributed by atoms with E-state index in [2.05, 4.69) is 13.8 Å². The highest BCUT2D eigenvalue weighted by molar-refractivity contribution is 5.03. The molecular weight excluding hydrogens is 150 g/mol. The Kier molecular flexibility index (Phi) is 1.92. The summed E-state index contributed by atoms with van der Waals surface area (Å²) < 4.78 is 5.65. The maximum atomic E-state index is 5.65. The standard InChI is InChI=1S/C10H19NO/c1-7(6-11)8-3-4-10(2)9(5-8)12-10/h7-9H,3-6,11H2,1-2H3. The molecule has 0 amide bonds. The van der Waals surface area contributed by atoms with Crippen molar-refractivity contribution in [2.24, 2.45) is 17.6 Å². The van der Waals surface area contributed by atoms with Crippen molar-refractivity contribution in [1.29, 1.82) is 0 Å². The molecule has 70 valence electrons. The summed E-state index contributed by atoms with van der Waals surface area (Å²) >= 11 is 0. The van der Waals surface area contributed by atoms with Gasteiger partial charge in [0, 0.05) is 0 Å². The lowest BCUT2D eigenvalue weighted by molar-refractivity contribution is 0.267. The lowest BCUT2D eigenvalue weighted by Crippen LogP contribution is -2.28. The van der Waals surface area contributed by atoms with Crippen molar-refractivity contribution < 1.29 is 4.74 Å². The van der Waals surface area contributed by atoms with E-state index in [1.807, 2.05) is 0 Å². The van der Waals surface area contributed by atoms with Crippen LogP contribution in [0.3, 0.4) is 0 Å². The molecule has 0 radical (unpaired) electrons. The third-order valence-electron chi connectivity index (χ3n) is 3.74. The van der Waals surface area contributed by atoms with Gasteiger partial charge in [0.25, 0.3) is 0 Å². The van der Waals surface area contributed by atoms with Crippen LogP contribution in [0.5, 0.6) is 0 Å². The summed E-state index contributed by atoms with van der Waals surface area (Å²) in [4.78, 5) is 0. The quantitative estimate of drug-likeness (QED) is 0.637. The summed E-state index contributed by atoms with van der Waals surface area (Å²) in [7, 11) is 0. The Bertz CT molecular complexity index is 183. The largest absolute Gasteiger partial charge is 0.366 e.